The Morgan fingerprint density at radius 1 is 1.03 bits per heavy atom. The van der Waals surface area contributed by atoms with Crippen LogP contribution in [-0.2, 0) is 17.6 Å². The standard InChI is InChI=1S/C31H26ClNO6/c1-19(34)24-13-12-23(32)16-25(24)26-17-30(36)33(18-29(26)39-2)27(14-20-6-4-3-5-7-20)28(35)15-21-8-10-22(11-9-21)31(37)38/h3-13,16-18,27H,14-15H2,1-2H3,(H,37,38)/i3D,4D,5D,6D,7D,14D2. The molecule has 1 unspecified atom stereocenters. The molecule has 0 aliphatic carbocycles. The maximum absolute atomic E-state index is 14.0. The van der Waals surface area contributed by atoms with Gasteiger partial charge in [-0.2, -0.15) is 0 Å². The number of nitrogens with zero attached hydrogens (tertiary/aromatic N) is 1. The second-order valence-electron chi connectivity index (χ2n) is 8.44. The highest BCUT2D eigenvalue weighted by atomic mass is 35.5. The van der Waals surface area contributed by atoms with Gasteiger partial charge in [-0.3, -0.25) is 14.4 Å². The minimum absolute atomic E-state index is 0.0650. The predicted molar refractivity (Wildman–Crippen MR) is 149 cm³/mol. The van der Waals surface area contributed by atoms with Gasteiger partial charge in [0.1, 0.15) is 5.75 Å². The molecule has 0 bridgehead atoms. The van der Waals surface area contributed by atoms with Crippen molar-refractivity contribution < 1.29 is 33.8 Å². The number of ether oxygens (including phenoxy) is 1. The van der Waals surface area contributed by atoms with Gasteiger partial charge in [-0.05, 0) is 53.9 Å². The Kier molecular flexibility index (Phi) is 5.98. The maximum Gasteiger partial charge on any atom is 0.335 e. The molecule has 0 fully saturated rings. The van der Waals surface area contributed by atoms with Crippen molar-refractivity contribution in [3.63, 3.8) is 0 Å². The Morgan fingerprint density at radius 3 is 2.33 bits per heavy atom. The monoisotopic (exact) mass is 550 g/mol. The molecule has 7 nitrogen and oxygen atoms in total. The molecule has 0 spiro atoms. The van der Waals surface area contributed by atoms with Gasteiger partial charge in [0.15, 0.2) is 11.6 Å². The third-order valence-corrected chi connectivity index (χ3v) is 6.09. The quantitative estimate of drug-likeness (QED) is 0.255. The molecule has 198 valence electrons. The number of ketones is 2. The van der Waals surface area contributed by atoms with Crippen molar-refractivity contribution in [2.75, 3.05) is 7.11 Å². The molecule has 0 aliphatic rings. The van der Waals surface area contributed by atoms with Crippen LogP contribution in [0.4, 0.5) is 0 Å². The first kappa shape index (κ1) is 19.6. The van der Waals surface area contributed by atoms with Crippen LogP contribution < -0.4 is 10.3 Å². The summed E-state index contributed by atoms with van der Waals surface area (Å²) in [6.07, 6.45) is -2.56. The molecular formula is C31H26ClNO6. The van der Waals surface area contributed by atoms with Crippen LogP contribution >= 0.6 is 11.6 Å². The summed E-state index contributed by atoms with van der Waals surface area (Å²) in [5.41, 5.74) is -1.05. The molecule has 4 rings (SSSR count). The molecule has 1 aromatic heterocycles. The normalized spacial score (nSPS) is 14.5. The Labute approximate surface area is 240 Å². The van der Waals surface area contributed by atoms with E-state index in [2.05, 4.69) is 0 Å². The van der Waals surface area contributed by atoms with Crippen LogP contribution in [0.3, 0.4) is 0 Å². The number of carboxylic acids is 1. The van der Waals surface area contributed by atoms with E-state index in [1.807, 2.05) is 0 Å². The zero-order valence-electron chi connectivity index (χ0n) is 27.8. The van der Waals surface area contributed by atoms with E-state index < -0.39 is 71.9 Å². The summed E-state index contributed by atoms with van der Waals surface area (Å²) in [5.74, 6) is -2.56. The van der Waals surface area contributed by atoms with Crippen molar-refractivity contribution in [2.24, 2.45) is 0 Å². The van der Waals surface area contributed by atoms with Gasteiger partial charge in [-0.1, -0.05) is 53.9 Å². The van der Waals surface area contributed by atoms with Crippen molar-refractivity contribution in [1.29, 1.82) is 0 Å². The Hall–Kier alpha value is -4.49. The lowest BCUT2D eigenvalue weighted by Gasteiger charge is -2.21. The fourth-order valence-electron chi connectivity index (χ4n) is 3.98. The first-order valence-electron chi connectivity index (χ1n) is 15.0. The van der Waals surface area contributed by atoms with Gasteiger partial charge in [0.2, 0.25) is 0 Å². The molecule has 0 saturated carbocycles. The highest BCUT2D eigenvalue weighted by Gasteiger charge is 2.25. The number of carboxylic acid groups (broad SMARTS) is 1. The molecule has 3 aromatic carbocycles. The average molecular weight is 551 g/mol. The molecule has 0 aliphatic heterocycles. The van der Waals surface area contributed by atoms with E-state index in [9.17, 15) is 24.3 Å². The van der Waals surface area contributed by atoms with E-state index >= 15 is 0 Å². The second-order valence-corrected chi connectivity index (χ2v) is 8.88. The first-order valence-corrected chi connectivity index (χ1v) is 11.9. The van der Waals surface area contributed by atoms with Crippen molar-refractivity contribution in [3.8, 4) is 16.9 Å². The molecule has 0 saturated heterocycles. The van der Waals surface area contributed by atoms with Gasteiger partial charge in [0.25, 0.3) is 5.56 Å². The number of Topliss-reactive ketones (excluding diaryl/α,β-unsaturated/α-hetero) is 2. The van der Waals surface area contributed by atoms with Gasteiger partial charge < -0.3 is 14.4 Å². The SMILES string of the molecule is [2H]c1c([2H])c([2H])c(C([2H])([2H])C(C(=O)Cc2ccc(C(=O)O)cc2)n2cc(OC)c(-c3cc(Cl)ccc3C(C)=O)cc2=O)c([2H])c1[2H]. The number of hydrogen-bond donors (Lipinski definition) is 1. The number of rotatable bonds is 10. The van der Waals surface area contributed by atoms with Crippen LogP contribution in [0.25, 0.3) is 11.1 Å². The topological polar surface area (TPSA) is 103 Å². The van der Waals surface area contributed by atoms with Crippen molar-refractivity contribution >= 4 is 29.1 Å². The number of carbonyl (C=O) groups excluding carboxylic acids is 2. The zero-order chi connectivity index (χ0) is 34.2. The Balaban J connectivity index is 1.99. The number of aromatic nitrogens is 1. The lowest BCUT2D eigenvalue weighted by Crippen LogP contribution is -2.32. The summed E-state index contributed by atoms with van der Waals surface area (Å²) in [6.45, 7) is 1.31. The third kappa shape index (κ3) is 6.33. The maximum atomic E-state index is 14.0. The summed E-state index contributed by atoms with van der Waals surface area (Å²) in [5, 5.41) is 9.46. The number of pyridine rings is 1. The van der Waals surface area contributed by atoms with Gasteiger partial charge in [0.05, 0.1) is 31.8 Å². The van der Waals surface area contributed by atoms with Gasteiger partial charge >= 0.3 is 5.97 Å². The van der Waals surface area contributed by atoms with E-state index in [0.29, 0.717) is 0 Å². The highest BCUT2D eigenvalue weighted by Crippen LogP contribution is 2.34. The van der Waals surface area contributed by atoms with Crippen LogP contribution in [-0.4, -0.2) is 34.3 Å². The van der Waals surface area contributed by atoms with Gasteiger partial charge in [-0.25, -0.2) is 4.79 Å². The van der Waals surface area contributed by atoms with E-state index in [1.54, 1.807) is 0 Å². The number of hydrogen-bond acceptors (Lipinski definition) is 5. The highest BCUT2D eigenvalue weighted by molar-refractivity contribution is 6.31. The minimum atomic E-state index is -3.08. The number of methoxy groups -OCH3 is 1. The Bertz CT molecular complexity index is 1930. The molecule has 8 heteroatoms. The molecule has 1 N–H and O–H groups in total. The number of halogens is 1. The molecule has 0 amide bonds. The molecule has 1 atom stereocenters. The minimum Gasteiger partial charge on any atom is -0.495 e. The average Bonchev–Trinajstić information content (AvgIpc) is 2.99. The van der Waals surface area contributed by atoms with Crippen molar-refractivity contribution in [1.82, 2.24) is 4.57 Å². The van der Waals surface area contributed by atoms with E-state index in [-0.39, 0.29) is 44.4 Å². The van der Waals surface area contributed by atoms with E-state index in [1.165, 1.54) is 56.5 Å². The largest absolute Gasteiger partial charge is 0.495 e. The fourth-order valence-corrected chi connectivity index (χ4v) is 4.15. The van der Waals surface area contributed by atoms with Crippen LogP contribution in [0.1, 0.15) is 54.4 Å². The van der Waals surface area contributed by atoms with E-state index in [0.717, 1.165) is 16.8 Å². The van der Waals surface area contributed by atoms with Crippen LogP contribution in [0, 0.1) is 0 Å². The summed E-state index contributed by atoms with van der Waals surface area (Å²) in [6, 6.07) is 4.21. The molecular weight excluding hydrogens is 518 g/mol. The second kappa shape index (κ2) is 11.9. The fraction of sp³-hybridized carbons (Fsp3) is 0.161. The van der Waals surface area contributed by atoms with Gasteiger partial charge in [-0.15, -0.1) is 0 Å². The number of aromatic carboxylic acids is 1. The first-order chi connectivity index (χ1) is 21.5. The summed E-state index contributed by atoms with van der Waals surface area (Å²) < 4.78 is 65.3. The molecule has 1 heterocycles. The molecule has 4 aromatic rings. The van der Waals surface area contributed by atoms with Crippen molar-refractivity contribution in [2.45, 2.75) is 25.8 Å². The zero-order valence-corrected chi connectivity index (χ0v) is 21.6. The Morgan fingerprint density at radius 2 is 1.72 bits per heavy atom. The van der Waals surface area contributed by atoms with Crippen LogP contribution in [0.2, 0.25) is 5.02 Å². The summed E-state index contributed by atoms with van der Waals surface area (Å²) >= 11 is 6.19. The predicted octanol–water partition coefficient (Wildman–Crippen LogP) is 5.67. The third-order valence-electron chi connectivity index (χ3n) is 5.86. The van der Waals surface area contributed by atoms with Crippen LogP contribution in [0.15, 0.2) is 89.7 Å². The van der Waals surface area contributed by atoms with E-state index in [4.69, 9.17) is 25.9 Å². The lowest BCUT2D eigenvalue weighted by molar-refractivity contribution is -0.121. The smallest absolute Gasteiger partial charge is 0.335 e. The number of benzene rings is 3. The lowest BCUT2D eigenvalue weighted by atomic mass is 9.95. The summed E-state index contributed by atoms with van der Waals surface area (Å²) in [7, 11) is 1.25. The van der Waals surface area contributed by atoms with Gasteiger partial charge in [0, 0.05) is 37.8 Å². The van der Waals surface area contributed by atoms with Crippen molar-refractivity contribution in [3.05, 3.63) is 123 Å². The molecule has 0 radical (unpaired) electrons. The molecule has 39 heavy (non-hydrogen) atoms. The summed E-state index contributed by atoms with van der Waals surface area (Å²) in [4.78, 5) is 51.5. The van der Waals surface area contributed by atoms with Crippen LogP contribution in [0.5, 0.6) is 5.75 Å². The number of carbonyl (C=O) groups is 3.